The SMILES string of the molecule is O=C(Nc1ncn(Cc2cccc(Cl)c2)n1)c1ccc(COc2c(F)c(F)cc(F)c2F)o1. The van der Waals surface area contributed by atoms with Gasteiger partial charge in [0, 0.05) is 11.1 Å². The van der Waals surface area contributed by atoms with Gasteiger partial charge in [0.05, 0.1) is 6.54 Å². The Morgan fingerprint density at radius 2 is 1.85 bits per heavy atom. The predicted molar refractivity (Wildman–Crippen MR) is 108 cm³/mol. The van der Waals surface area contributed by atoms with Crippen LogP contribution in [0.5, 0.6) is 5.75 Å². The van der Waals surface area contributed by atoms with Gasteiger partial charge in [-0.15, -0.1) is 5.10 Å². The molecule has 0 aliphatic heterocycles. The Bertz CT molecular complexity index is 1300. The molecule has 0 bridgehead atoms. The van der Waals surface area contributed by atoms with E-state index in [4.69, 9.17) is 20.8 Å². The molecule has 0 aliphatic carbocycles. The molecule has 12 heteroatoms. The Kier molecular flexibility index (Phi) is 6.31. The van der Waals surface area contributed by atoms with Crippen molar-refractivity contribution in [2.45, 2.75) is 13.2 Å². The Balaban J connectivity index is 1.37. The minimum atomic E-state index is -1.68. The highest BCUT2D eigenvalue weighted by Gasteiger charge is 2.21. The number of hydrogen-bond donors (Lipinski definition) is 1. The molecule has 0 fully saturated rings. The summed E-state index contributed by atoms with van der Waals surface area (Å²) >= 11 is 5.95. The van der Waals surface area contributed by atoms with E-state index in [9.17, 15) is 22.4 Å². The quantitative estimate of drug-likeness (QED) is 0.299. The van der Waals surface area contributed by atoms with Crippen molar-refractivity contribution in [2.75, 3.05) is 5.32 Å². The van der Waals surface area contributed by atoms with E-state index < -0.39 is 41.5 Å². The standard InChI is InChI=1S/C21H13ClF4N4O3/c22-12-3-1-2-11(6-12)8-30-10-27-21(29-30)28-20(31)16-5-4-13(33-16)9-32-19-17(25)14(23)7-15(24)18(19)26/h1-7,10H,8-9H2,(H,28,29,31). The van der Waals surface area contributed by atoms with Gasteiger partial charge < -0.3 is 9.15 Å². The van der Waals surface area contributed by atoms with Crippen LogP contribution in [0.3, 0.4) is 0 Å². The van der Waals surface area contributed by atoms with Crippen molar-refractivity contribution in [1.82, 2.24) is 14.8 Å². The molecule has 4 rings (SSSR count). The zero-order valence-electron chi connectivity index (χ0n) is 16.5. The molecule has 7 nitrogen and oxygen atoms in total. The first-order valence-corrected chi connectivity index (χ1v) is 9.67. The molecule has 2 aromatic carbocycles. The highest BCUT2D eigenvalue weighted by molar-refractivity contribution is 6.30. The monoisotopic (exact) mass is 480 g/mol. The minimum Gasteiger partial charge on any atom is -0.479 e. The average molecular weight is 481 g/mol. The summed E-state index contributed by atoms with van der Waals surface area (Å²) in [5, 5.41) is 7.14. The third kappa shape index (κ3) is 5.14. The van der Waals surface area contributed by atoms with Crippen molar-refractivity contribution in [3.8, 4) is 5.75 Å². The number of carbonyl (C=O) groups is 1. The number of hydrogen-bond acceptors (Lipinski definition) is 5. The second kappa shape index (κ2) is 9.33. The summed E-state index contributed by atoms with van der Waals surface area (Å²) < 4.78 is 65.3. The van der Waals surface area contributed by atoms with Gasteiger partial charge in [-0.25, -0.2) is 18.4 Å². The van der Waals surface area contributed by atoms with Crippen molar-refractivity contribution >= 4 is 23.5 Å². The molecule has 0 saturated carbocycles. The number of carbonyl (C=O) groups excluding carboxylic acids is 1. The molecule has 0 aliphatic rings. The first kappa shape index (κ1) is 22.3. The van der Waals surface area contributed by atoms with Crippen LogP contribution in [-0.4, -0.2) is 20.7 Å². The van der Waals surface area contributed by atoms with Crippen LogP contribution in [0.15, 0.2) is 53.2 Å². The van der Waals surface area contributed by atoms with Crippen molar-refractivity contribution < 1.29 is 31.5 Å². The van der Waals surface area contributed by atoms with E-state index in [1.165, 1.54) is 23.1 Å². The molecule has 2 heterocycles. The molecule has 0 radical (unpaired) electrons. The smallest absolute Gasteiger partial charge is 0.293 e. The second-order valence-corrected chi connectivity index (χ2v) is 7.14. The van der Waals surface area contributed by atoms with Crippen LogP contribution in [0.1, 0.15) is 21.9 Å². The van der Waals surface area contributed by atoms with Gasteiger partial charge in [-0.2, -0.15) is 8.78 Å². The molecule has 33 heavy (non-hydrogen) atoms. The first-order chi connectivity index (χ1) is 15.8. The van der Waals surface area contributed by atoms with Crippen molar-refractivity contribution in [3.63, 3.8) is 0 Å². The van der Waals surface area contributed by atoms with Gasteiger partial charge in [-0.3, -0.25) is 10.1 Å². The zero-order valence-corrected chi connectivity index (χ0v) is 17.2. The topological polar surface area (TPSA) is 82.2 Å². The maximum atomic E-state index is 13.7. The van der Waals surface area contributed by atoms with E-state index in [2.05, 4.69) is 15.4 Å². The fraction of sp³-hybridized carbons (Fsp3) is 0.0952. The number of amides is 1. The van der Waals surface area contributed by atoms with E-state index in [1.54, 1.807) is 18.2 Å². The van der Waals surface area contributed by atoms with Gasteiger partial charge in [-0.05, 0) is 29.8 Å². The third-order valence-corrected chi connectivity index (χ3v) is 4.55. The average Bonchev–Trinajstić information content (AvgIpc) is 3.42. The van der Waals surface area contributed by atoms with E-state index in [1.807, 2.05) is 6.07 Å². The van der Waals surface area contributed by atoms with E-state index in [0.29, 0.717) is 11.6 Å². The molecule has 0 unspecified atom stereocenters. The predicted octanol–water partition coefficient (Wildman–Crippen LogP) is 4.96. The van der Waals surface area contributed by atoms with Gasteiger partial charge >= 0.3 is 0 Å². The normalized spacial score (nSPS) is 10.9. The number of rotatable bonds is 7. The Morgan fingerprint density at radius 3 is 2.58 bits per heavy atom. The molecule has 1 N–H and O–H groups in total. The summed E-state index contributed by atoms with van der Waals surface area (Å²) in [6.07, 6.45) is 1.42. The van der Waals surface area contributed by atoms with Gasteiger partial charge in [0.25, 0.3) is 5.91 Å². The number of nitrogens with one attached hydrogen (secondary N) is 1. The molecule has 170 valence electrons. The lowest BCUT2D eigenvalue weighted by atomic mass is 10.2. The molecule has 1 amide bonds. The fourth-order valence-corrected chi connectivity index (χ4v) is 3.03. The molecule has 0 spiro atoms. The summed E-state index contributed by atoms with van der Waals surface area (Å²) in [5.41, 5.74) is 0.881. The van der Waals surface area contributed by atoms with Crippen molar-refractivity contribution in [3.05, 3.63) is 94.2 Å². The Labute approximate surface area is 188 Å². The van der Waals surface area contributed by atoms with E-state index in [0.717, 1.165) is 5.56 Å². The molecule has 4 aromatic rings. The lowest BCUT2D eigenvalue weighted by Crippen LogP contribution is -2.12. The van der Waals surface area contributed by atoms with Crippen LogP contribution in [0.25, 0.3) is 0 Å². The summed E-state index contributed by atoms with van der Waals surface area (Å²) in [4.78, 5) is 16.3. The number of ether oxygens (including phenoxy) is 1. The van der Waals surface area contributed by atoms with Crippen LogP contribution in [0.4, 0.5) is 23.5 Å². The molecule has 0 saturated heterocycles. The number of benzene rings is 2. The minimum absolute atomic E-state index is 0.00982. The van der Waals surface area contributed by atoms with Crippen LogP contribution in [0.2, 0.25) is 5.02 Å². The van der Waals surface area contributed by atoms with Crippen molar-refractivity contribution in [1.29, 1.82) is 0 Å². The van der Waals surface area contributed by atoms with Gasteiger partial charge in [0.15, 0.2) is 23.1 Å². The van der Waals surface area contributed by atoms with Crippen LogP contribution in [-0.2, 0) is 13.2 Å². The summed E-state index contributed by atoms with van der Waals surface area (Å²) in [6, 6.07) is 9.80. The number of anilines is 1. The summed E-state index contributed by atoms with van der Waals surface area (Å²) in [7, 11) is 0. The Morgan fingerprint density at radius 1 is 1.09 bits per heavy atom. The summed E-state index contributed by atoms with van der Waals surface area (Å²) in [5.74, 6) is -8.70. The van der Waals surface area contributed by atoms with E-state index in [-0.39, 0.29) is 23.5 Å². The highest BCUT2D eigenvalue weighted by Crippen LogP contribution is 2.27. The summed E-state index contributed by atoms with van der Waals surface area (Å²) in [6.45, 7) is -0.212. The number of aromatic nitrogens is 3. The van der Waals surface area contributed by atoms with Crippen LogP contribution < -0.4 is 10.1 Å². The lowest BCUT2D eigenvalue weighted by molar-refractivity contribution is 0.0991. The second-order valence-electron chi connectivity index (χ2n) is 6.70. The van der Waals surface area contributed by atoms with Crippen molar-refractivity contribution in [2.24, 2.45) is 0 Å². The van der Waals surface area contributed by atoms with Crippen LogP contribution >= 0.6 is 11.6 Å². The number of furan rings is 1. The number of nitrogens with zero attached hydrogens (tertiary/aromatic N) is 3. The lowest BCUT2D eigenvalue weighted by Gasteiger charge is -2.08. The van der Waals surface area contributed by atoms with E-state index >= 15 is 0 Å². The molecule has 0 atom stereocenters. The largest absolute Gasteiger partial charge is 0.479 e. The number of halogens is 5. The van der Waals surface area contributed by atoms with Gasteiger partial charge in [0.2, 0.25) is 17.6 Å². The van der Waals surface area contributed by atoms with Gasteiger partial charge in [-0.1, -0.05) is 23.7 Å². The zero-order chi connectivity index (χ0) is 23.5. The third-order valence-electron chi connectivity index (χ3n) is 4.31. The van der Waals surface area contributed by atoms with Crippen LogP contribution in [0, 0.1) is 23.3 Å². The maximum absolute atomic E-state index is 13.7. The molecular formula is C21H13ClF4N4O3. The first-order valence-electron chi connectivity index (χ1n) is 9.30. The Hall–Kier alpha value is -3.86. The maximum Gasteiger partial charge on any atom is 0.293 e. The van der Waals surface area contributed by atoms with Gasteiger partial charge in [0.1, 0.15) is 18.7 Å². The highest BCUT2D eigenvalue weighted by atomic mass is 35.5. The molecular weight excluding hydrogens is 468 g/mol. The fourth-order valence-electron chi connectivity index (χ4n) is 2.81. The molecule has 2 aromatic heterocycles.